The molecule has 6 nitrogen and oxygen atoms in total. The van der Waals surface area contributed by atoms with Crippen molar-refractivity contribution in [1.29, 1.82) is 0 Å². The lowest BCUT2D eigenvalue weighted by molar-refractivity contribution is -0.125. The number of amides is 3. The highest BCUT2D eigenvalue weighted by atomic mass is 16.2. The van der Waals surface area contributed by atoms with Crippen LogP contribution in [0.15, 0.2) is 24.3 Å². The summed E-state index contributed by atoms with van der Waals surface area (Å²) in [7, 11) is 1.54. The quantitative estimate of drug-likeness (QED) is 0.687. The van der Waals surface area contributed by atoms with Gasteiger partial charge in [-0.15, -0.1) is 0 Å². The van der Waals surface area contributed by atoms with Gasteiger partial charge in [-0.05, 0) is 13.0 Å². The molecule has 0 aliphatic carbocycles. The van der Waals surface area contributed by atoms with Gasteiger partial charge in [0.2, 0.25) is 0 Å². The molecule has 0 saturated carbocycles. The molecule has 3 amide bonds. The van der Waals surface area contributed by atoms with Gasteiger partial charge in [0.05, 0.1) is 6.54 Å². The number of aromatic amines is 1. The van der Waals surface area contributed by atoms with Crippen LogP contribution in [0.3, 0.4) is 0 Å². The lowest BCUT2D eigenvalue weighted by Gasteiger charge is -2.13. The van der Waals surface area contributed by atoms with Crippen LogP contribution in [0, 0.1) is 6.92 Å². The molecular weight excluding hydrogens is 270 g/mol. The third-order valence-corrected chi connectivity index (χ3v) is 3.71. The fourth-order valence-corrected chi connectivity index (χ4v) is 2.68. The highest BCUT2D eigenvalue weighted by Gasteiger charge is 2.35. The minimum absolute atomic E-state index is 0.0268. The Kier molecular flexibility index (Phi) is 3.01. The Morgan fingerprint density at radius 3 is 2.67 bits per heavy atom. The van der Waals surface area contributed by atoms with Crippen molar-refractivity contribution in [2.45, 2.75) is 6.92 Å². The number of nitrogens with zero attached hydrogens (tertiary/aromatic N) is 2. The molecule has 0 spiro atoms. The normalized spacial score (nSPS) is 15.3. The van der Waals surface area contributed by atoms with Gasteiger partial charge in [0.25, 0.3) is 5.91 Å². The number of ketones is 1. The number of nitrogens with one attached hydrogen (secondary N) is 1. The molecule has 1 aliphatic heterocycles. The Morgan fingerprint density at radius 2 is 2.00 bits per heavy atom. The topological polar surface area (TPSA) is 73.5 Å². The number of Topliss-reactive ketones (excluding diaryl/α,β-unsaturated/α-hetero) is 1. The Bertz CT molecular complexity index is 763. The van der Waals surface area contributed by atoms with E-state index in [0.717, 1.165) is 21.5 Å². The summed E-state index contributed by atoms with van der Waals surface area (Å²) in [6, 6.07) is 7.05. The number of aromatic nitrogens is 1. The number of hydrogen-bond acceptors (Lipinski definition) is 3. The zero-order chi connectivity index (χ0) is 15.1. The number of likely N-dealkylation sites (N-methyl/N-ethyl adjacent to an activating group) is 1. The predicted octanol–water partition coefficient (Wildman–Crippen LogP) is 1.55. The van der Waals surface area contributed by atoms with E-state index < -0.39 is 6.03 Å². The maximum atomic E-state index is 12.5. The van der Waals surface area contributed by atoms with E-state index in [2.05, 4.69) is 4.98 Å². The number of carbonyl (C=O) groups is 3. The molecule has 1 N–H and O–H groups in total. The monoisotopic (exact) mass is 285 g/mol. The van der Waals surface area contributed by atoms with Gasteiger partial charge in [-0.25, -0.2) is 4.79 Å². The number of aryl methyl sites for hydroxylation is 1. The van der Waals surface area contributed by atoms with Gasteiger partial charge in [0.15, 0.2) is 5.78 Å². The molecule has 1 aromatic heterocycles. The van der Waals surface area contributed by atoms with Crippen molar-refractivity contribution in [3.63, 3.8) is 0 Å². The van der Waals surface area contributed by atoms with E-state index in [1.54, 1.807) is 7.05 Å². The van der Waals surface area contributed by atoms with Crippen LogP contribution in [0.4, 0.5) is 4.79 Å². The van der Waals surface area contributed by atoms with Gasteiger partial charge in [0.1, 0.15) is 6.54 Å². The second-order valence-corrected chi connectivity index (χ2v) is 5.21. The second-order valence-electron chi connectivity index (χ2n) is 5.21. The SMILES string of the molecule is Cc1[nH]c2ccccc2c1C(=O)CN1C(=O)CN(C)C1=O. The van der Waals surface area contributed by atoms with Gasteiger partial charge in [0, 0.05) is 29.2 Å². The number of benzene rings is 1. The molecule has 1 aromatic carbocycles. The van der Waals surface area contributed by atoms with Crippen molar-refractivity contribution < 1.29 is 14.4 Å². The van der Waals surface area contributed by atoms with Crippen LogP contribution in [0.25, 0.3) is 10.9 Å². The summed E-state index contributed by atoms with van der Waals surface area (Å²) in [5.74, 6) is -0.574. The van der Waals surface area contributed by atoms with Crippen molar-refractivity contribution in [2.24, 2.45) is 0 Å². The number of carbonyl (C=O) groups excluding carboxylic acids is 3. The molecule has 2 aromatic rings. The number of H-pyrrole nitrogens is 1. The molecular formula is C15H15N3O3. The van der Waals surface area contributed by atoms with E-state index in [1.165, 1.54) is 4.90 Å². The Hall–Kier alpha value is -2.63. The van der Waals surface area contributed by atoms with Crippen molar-refractivity contribution in [3.05, 3.63) is 35.5 Å². The highest BCUT2D eigenvalue weighted by molar-refractivity contribution is 6.13. The fourth-order valence-electron chi connectivity index (χ4n) is 2.68. The lowest BCUT2D eigenvalue weighted by Crippen LogP contribution is -2.36. The maximum Gasteiger partial charge on any atom is 0.327 e. The van der Waals surface area contributed by atoms with E-state index in [1.807, 2.05) is 31.2 Å². The molecule has 1 aliphatic rings. The molecule has 0 bridgehead atoms. The first-order valence-electron chi connectivity index (χ1n) is 6.65. The summed E-state index contributed by atoms with van der Waals surface area (Å²) in [4.78, 5) is 41.6. The van der Waals surface area contributed by atoms with Gasteiger partial charge in [-0.3, -0.25) is 14.5 Å². The van der Waals surface area contributed by atoms with Crippen LogP contribution in [-0.4, -0.2) is 52.6 Å². The average Bonchev–Trinajstić information content (AvgIpc) is 2.89. The van der Waals surface area contributed by atoms with Gasteiger partial charge in [-0.1, -0.05) is 18.2 Å². The van der Waals surface area contributed by atoms with E-state index in [4.69, 9.17) is 0 Å². The summed E-state index contributed by atoms with van der Waals surface area (Å²) >= 11 is 0. The van der Waals surface area contributed by atoms with Gasteiger partial charge < -0.3 is 9.88 Å². The Morgan fingerprint density at radius 1 is 1.29 bits per heavy atom. The standard InChI is InChI=1S/C15H15N3O3/c1-9-14(10-5-3-4-6-11(10)16-9)12(19)7-18-13(20)8-17(2)15(18)21/h3-6,16H,7-8H2,1-2H3. The molecule has 1 fully saturated rings. The minimum atomic E-state index is -0.425. The number of fused-ring (bicyclic) bond motifs is 1. The zero-order valence-electron chi connectivity index (χ0n) is 11.8. The van der Waals surface area contributed by atoms with Crippen molar-refractivity contribution in [2.75, 3.05) is 20.1 Å². The van der Waals surface area contributed by atoms with Crippen LogP contribution in [0.1, 0.15) is 16.1 Å². The van der Waals surface area contributed by atoms with E-state index in [9.17, 15) is 14.4 Å². The third kappa shape index (κ3) is 2.08. The number of urea groups is 1. The first-order chi connectivity index (χ1) is 9.99. The van der Waals surface area contributed by atoms with E-state index >= 15 is 0 Å². The summed E-state index contributed by atoms with van der Waals surface area (Å²) < 4.78 is 0. The van der Waals surface area contributed by atoms with Crippen molar-refractivity contribution in [1.82, 2.24) is 14.8 Å². The van der Waals surface area contributed by atoms with Crippen LogP contribution < -0.4 is 0 Å². The van der Waals surface area contributed by atoms with Crippen LogP contribution in [-0.2, 0) is 4.79 Å². The fraction of sp³-hybridized carbons (Fsp3) is 0.267. The average molecular weight is 285 g/mol. The Labute approximate surface area is 121 Å². The van der Waals surface area contributed by atoms with Crippen LogP contribution in [0.2, 0.25) is 0 Å². The lowest BCUT2D eigenvalue weighted by atomic mass is 10.1. The van der Waals surface area contributed by atoms with Crippen LogP contribution >= 0.6 is 0 Å². The second kappa shape index (κ2) is 4.73. The summed E-state index contributed by atoms with van der Waals surface area (Å²) in [5, 5.41) is 0.812. The first kappa shape index (κ1) is 13.4. The maximum absolute atomic E-state index is 12.5. The molecule has 21 heavy (non-hydrogen) atoms. The van der Waals surface area contributed by atoms with E-state index in [-0.39, 0.29) is 24.8 Å². The van der Waals surface area contributed by atoms with Gasteiger partial charge >= 0.3 is 6.03 Å². The molecule has 108 valence electrons. The zero-order valence-corrected chi connectivity index (χ0v) is 11.8. The number of hydrogen-bond donors (Lipinski definition) is 1. The first-order valence-corrected chi connectivity index (χ1v) is 6.65. The molecule has 2 heterocycles. The molecule has 0 radical (unpaired) electrons. The molecule has 0 unspecified atom stereocenters. The highest BCUT2D eigenvalue weighted by Crippen LogP contribution is 2.23. The minimum Gasteiger partial charge on any atom is -0.358 e. The van der Waals surface area contributed by atoms with Crippen LogP contribution in [0.5, 0.6) is 0 Å². The summed E-state index contributed by atoms with van der Waals surface area (Å²) in [5.41, 5.74) is 2.16. The largest absolute Gasteiger partial charge is 0.358 e. The third-order valence-electron chi connectivity index (χ3n) is 3.71. The molecule has 1 saturated heterocycles. The smallest absolute Gasteiger partial charge is 0.327 e. The summed E-state index contributed by atoms with van der Waals surface area (Å²) in [6.07, 6.45) is 0. The molecule has 0 atom stereocenters. The predicted molar refractivity (Wildman–Crippen MR) is 77.1 cm³/mol. The summed E-state index contributed by atoms with van der Waals surface area (Å²) in [6.45, 7) is 1.62. The molecule has 6 heteroatoms. The van der Waals surface area contributed by atoms with Gasteiger partial charge in [-0.2, -0.15) is 0 Å². The number of rotatable bonds is 3. The van der Waals surface area contributed by atoms with Crippen molar-refractivity contribution >= 4 is 28.6 Å². The van der Waals surface area contributed by atoms with E-state index in [0.29, 0.717) is 5.56 Å². The van der Waals surface area contributed by atoms with Crippen molar-refractivity contribution in [3.8, 4) is 0 Å². The number of imide groups is 1. The number of para-hydroxylation sites is 1. The molecule has 3 rings (SSSR count). The Balaban J connectivity index is 1.93.